The van der Waals surface area contributed by atoms with E-state index < -0.39 is 48.6 Å². The molecular weight excluding hydrogens is 518 g/mol. The van der Waals surface area contributed by atoms with Crippen LogP contribution in [0.5, 0.6) is 5.75 Å². The van der Waals surface area contributed by atoms with Gasteiger partial charge < -0.3 is 24.0 Å². The summed E-state index contributed by atoms with van der Waals surface area (Å²) in [5.41, 5.74) is -0.542. The zero-order valence-electron chi connectivity index (χ0n) is 23.5. The quantitative estimate of drug-likeness (QED) is 0.341. The van der Waals surface area contributed by atoms with Crippen LogP contribution in [0, 0.1) is 5.82 Å². The molecule has 0 radical (unpaired) electrons. The number of methoxy groups -OCH3 is 1. The number of ether oxygens (including phenoxy) is 1. The summed E-state index contributed by atoms with van der Waals surface area (Å²) in [5, 5.41) is 21.3. The van der Waals surface area contributed by atoms with E-state index in [0.717, 1.165) is 5.56 Å². The van der Waals surface area contributed by atoms with Crippen LogP contribution in [-0.2, 0) is 37.8 Å². The van der Waals surface area contributed by atoms with Gasteiger partial charge in [0, 0.05) is 31.5 Å². The fraction of sp³-hybridized carbons (Fsp3) is 0.615. The summed E-state index contributed by atoms with van der Waals surface area (Å²) in [5.74, 6) is -3.02. The Morgan fingerprint density at radius 1 is 1.13 bits per heavy atom. The van der Waals surface area contributed by atoms with Crippen molar-refractivity contribution in [2.24, 2.45) is 0 Å². The SMILES string of the molecule is CC.COC(CCn1ccc(=O)[nH]c1=O)C(O)(O)OP1OCc2c(F)c(C(C)(C)C)cc(C(C)(C)C)c2O1. The maximum atomic E-state index is 15.4. The number of benzene rings is 1. The standard InChI is InChI=1S/C24H34FN2O8P.C2H6/c1-22(2,3)15-12-16(23(4,5)6)20-14(19(15)25)13-33-36(34-20)35-24(30,31)17(32-7)8-10-27-11-9-18(28)26-21(27)29;1-2/h9,11-12,17,30-31H,8,10,13H2,1-7H3,(H,26,28,29);1-2H3. The summed E-state index contributed by atoms with van der Waals surface area (Å²) >= 11 is 0. The zero-order chi connectivity index (χ0) is 29.1. The van der Waals surface area contributed by atoms with Gasteiger partial charge in [-0.25, -0.2) is 13.7 Å². The lowest BCUT2D eigenvalue weighted by molar-refractivity contribution is -0.345. The Morgan fingerprint density at radius 2 is 1.74 bits per heavy atom. The molecule has 2 unspecified atom stereocenters. The largest absolute Gasteiger partial charge is 0.426 e. The Bertz CT molecular complexity index is 1210. The molecule has 1 aliphatic rings. The molecule has 214 valence electrons. The number of hydrogen-bond donors (Lipinski definition) is 3. The molecular formula is C26H40FN2O8P. The number of hydrogen-bond acceptors (Lipinski definition) is 8. The van der Waals surface area contributed by atoms with Crippen molar-refractivity contribution < 1.29 is 32.9 Å². The summed E-state index contributed by atoms with van der Waals surface area (Å²) in [7, 11) is -1.09. The molecule has 38 heavy (non-hydrogen) atoms. The molecule has 0 fully saturated rings. The second kappa shape index (κ2) is 12.4. The highest BCUT2D eigenvalue weighted by Crippen LogP contribution is 2.54. The van der Waals surface area contributed by atoms with Gasteiger partial charge in [0.15, 0.2) is 0 Å². The Morgan fingerprint density at radius 3 is 2.26 bits per heavy atom. The third kappa shape index (κ3) is 7.49. The van der Waals surface area contributed by atoms with Crippen molar-refractivity contribution in [2.75, 3.05) is 7.11 Å². The van der Waals surface area contributed by atoms with Crippen LogP contribution in [0.3, 0.4) is 0 Å². The molecule has 0 saturated heterocycles. The minimum absolute atomic E-state index is 0.00220. The van der Waals surface area contributed by atoms with Gasteiger partial charge in [0.25, 0.3) is 5.56 Å². The van der Waals surface area contributed by atoms with E-state index in [-0.39, 0.29) is 30.9 Å². The van der Waals surface area contributed by atoms with E-state index in [0.29, 0.717) is 5.56 Å². The Labute approximate surface area is 223 Å². The first-order valence-electron chi connectivity index (χ1n) is 12.5. The van der Waals surface area contributed by atoms with Crippen LogP contribution < -0.4 is 15.8 Å². The third-order valence-electron chi connectivity index (χ3n) is 5.85. The fourth-order valence-electron chi connectivity index (χ4n) is 3.80. The normalized spacial score (nSPS) is 16.7. The van der Waals surface area contributed by atoms with Crippen molar-refractivity contribution in [1.82, 2.24) is 9.55 Å². The summed E-state index contributed by atoms with van der Waals surface area (Å²) in [6.45, 7) is 15.5. The minimum Gasteiger partial charge on any atom is -0.426 e. The van der Waals surface area contributed by atoms with E-state index in [4.69, 9.17) is 18.3 Å². The zero-order valence-corrected chi connectivity index (χ0v) is 24.4. The van der Waals surface area contributed by atoms with Gasteiger partial charge in [-0.05, 0) is 28.9 Å². The molecule has 0 bridgehead atoms. The van der Waals surface area contributed by atoms with E-state index >= 15 is 4.39 Å². The molecule has 2 heterocycles. The molecule has 0 saturated carbocycles. The average Bonchev–Trinajstić information content (AvgIpc) is 2.80. The van der Waals surface area contributed by atoms with E-state index in [1.807, 2.05) is 55.4 Å². The topological polar surface area (TPSA) is 132 Å². The lowest BCUT2D eigenvalue weighted by Gasteiger charge is -2.36. The molecule has 3 rings (SSSR count). The lowest BCUT2D eigenvalue weighted by atomic mass is 9.78. The van der Waals surface area contributed by atoms with Gasteiger partial charge in [-0.2, -0.15) is 0 Å². The van der Waals surface area contributed by atoms with Gasteiger partial charge in [0.1, 0.15) is 17.7 Å². The van der Waals surface area contributed by atoms with E-state index in [1.54, 1.807) is 6.07 Å². The van der Waals surface area contributed by atoms with Crippen LogP contribution in [0.2, 0.25) is 0 Å². The van der Waals surface area contributed by atoms with Crippen molar-refractivity contribution in [2.45, 2.75) is 97.9 Å². The Kier molecular flexibility index (Phi) is 10.4. The fourth-order valence-corrected chi connectivity index (χ4v) is 4.87. The molecule has 1 aliphatic heterocycles. The molecule has 1 aromatic heterocycles. The highest BCUT2D eigenvalue weighted by molar-refractivity contribution is 7.42. The highest BCUT2D eigenvalue weighted by atomic mass is 31.2. The Balaban J connectivity index is 0.00000247. The van der Waals surface area contributed by atoms with Crippen LogP contribution in [0.4, 0.5) is 4.39 Å². The van der Waals surface area contributed by atoms with Crippen molar-refractivity contribution in [3.05, 3.63) is 61.7 Å². The predicted octanol–water partition coefficient (Wildman–Crippen LogP) is 4.19. The van der Waals surface area contributed by atoms with Gasteiger partial charge >= 0.3 is 20.3 Å². The summed E-state index contributed by atoms with van der Waals surface area (Å²) in [4.78, 5) is 25.2. The van der Waals surface area contributed by atoms with Crippen LogP contribution >= 0.6 is 8.60 Å². The molecule has 1 aromatic carbocycles. The number of aromatic amines is 1. The molecule has 0 aliphatic carbocycles. The first-order valence-corrected chi connectivity index (χ1v) is 13.6. The summed E-state index contributed by atoms with van der Waals surface area (Å²) in [6.07, 6.45) is -0.0884. The van der Waals surface area contributed by atoms with Crippen LogP contribution in [0.15, 0.2) is 27.9 Å². The number of aromatic nitrogens is 2. The second-order valence-electron chi connectivity index (χ2n) is 10.7. The number of nitrogens with zero attached hydrogens (tertiary/aromatic N) is 1. The molecule has 0 amide bonds. The van der Waals surface area contributed by atoms with Crippen molar-refractivity contribution >= 4 is 8.60 Å². The number of fused-ring (bicyclic) bond motifs is 1. The predicted molar refractivity (Wildman–Crippen MR) is 142 cm³/mol. The molecule has 10 nitrogen and oxygen atoms in total. The van der Waals surface area contributed by atoms with Gasteiger partial charge in [0.05, 0.1) is 12.2 Å². The number of H-pyrrole nitrogens is 1. The maximum Gasteiger partial charge on any atom is 0.402 e. The average molecular weight is 559 g/mol. The van der Waals surface area contributed by atoms with Crippen molar-refractivity contribution in [3.8, 4) is 5.75 Å². The van der Waals surface area contributed by atoms with Crippen LogP contribution in [-0.4, -0.2) is 39.0 Å². The number of aliphatic hydroxyl groups is 2. The van der Waals surface area contributed by atoms with Crippen molar-refractivity contribution in [3.63, 3.8) is 0 Å². The summed E-state index contributed by atoms with van der Waals surface area (Å²) in [6, 6.07) is 2.95. The molecule has 2 aromatic rings. The number of rotatable bonds is 7. The van der Waals surface area contributed by atoms with Gasteiger partial charge in [-0.1, -0.05) is 55.4 Å². The van der Waals surface area contributed by atoms with Gasteiger partial charge in [-0.15, -0.1) is 0 Å². The van der Waals surface area contributed by atoms with Gasteiger partial charge in [-0.3, -0.25) is 14.3 Å². The lowest BCUT2D eigenvalue weighted by Crippen LogP contribution is -2.46. The highest BCUT2D eigenvalue weighted by Gasteiger charge is 2.44. The van der Waals surface area contributed by atoms with E-state index in [2.05, 4.69) is 4.98 Å². The first-order chi connectivity index (χ1) is 17.5. The smallest absolute Gasteiger partial charge is 0.402 e. The second-order valence-corrected chi connectivity index (χ2v) is 11.8. The van der Waals surface area contributed by atoms with Crippen LogP contribution in [0.25, 0.3) is 0 Å². The van der Waals surface area contributed by atoms with E-state index in [9.17, 15) is 19.8 Å². The number of nitrogens with one attached hydrogen (secondary N) is 1. The first kappa shape index (κ1) is 32.1. The minimum atomic E-state index is -2.85. The molecule has 2 atom stereocenters. The number of aryl methyl sites for hydroxylation is 1. The number of halogens is 1. The Hall–Kier alpha value is -2.14. The molecule has 0 spiro atoms. The summed E-state index contributed by atoms with van der Waals surface area (Å²) < 4.78 is 38.6. The van der Waals surface area contributed by atoms with Crippen LogP contribution in [0.1, 0.15) is 78.5 Å². The van der Waals surface area contributed by atoms with E-state index in [1.165, 1.54) is 23.9 Å². The molecule has 12 heteroatoms. The third-order valence-corrected chi connectivity index (χ3v) is 6.94. The maximum absolute atomic E-state index is 15.4. The monoisotopic (exact) mass is 558 g/mol. The van der Waals surface area contributed by atoms with Gasteiger partial charge in [0.2, 0.25) is 0 Å². The van der Waals surface area contributed by atoms with Crippen molar-refractivity contribution in [1.29, 1.82) is 0 Å². The molecule has 3 N–H and O–H groups in total.